The van der Waals surface area contributed by atoms with Crippen molar-refractivity contribution in [2.24, 2.45) is 0 Å². The Morgan fingerprint density at radius 1 is 1.50 bits per heavy atom. The molecule has 1 aromatic carbocycles. The van der Waals surface area contributed by atoms with Crippen molar-refractivity contribution in [2.45, 2.75) is 6.92 Å². The van der Waals surface area contributed by atoms with Crippen molar-refractivity contribution in [2.75, 3.05) is 7.11 Å². The average Bonchev–Trinajstić information content (AvgIpc) is 2.03. The fourth-order valence-electron chi connectivity index (χ4n) is 0.961. The van der Waals surface area contributed by atoms with E-state index in [1.54, 1.807) is 35.8 Å². The zero-order chi connectivity index (χ0) is 9.14. The second kappa shape index (κ2) is 3.89. The molecule has 0 N–H and O–H groups in total. The number of rotatable bonds is 2. The van der Waals surface area contributed by atoms with Crippen molar-refractivity contribution in [1.29, 1.82) is 0 Å². The van der Waals surface area contributed by atoms with Crippen LogP contribution in [0.15, 0.2) is 18.2 Å². The molecule has 0 fully saturated rings. The fourth-order valence-corrected chi connectivity index (χ4v) is 1.41. The third kappa shape index (κ3) is 1.97. The highest BCUT2D eigenvalue weighted by molar-refractivity contribution is 14.1. The summed E-state index contributed by atoms with van der Waals surface area (Å²) in [5, 5.41) is 0. The highest BCUT2D eigenvalue weighted by Gasteiger charge is 2.07. The lowest BCUT2D eigenvalue weighted by Gasteiger charge is -2.04. The number of ether oxygens (including phenoxy) is 1. The molecule has 0 heterocycles. The molecule has 0 atom stereocenters. The van der Waals surface area contributed by atoms with Gasteiger partial charge in [0.1, 0.15) is 5.75 Å². The molecule has 0 bridgehead atoms. The Balaban J connectivity index is 3.20. The van der Waals surface area contributed by atoms with E-state index in [-0.39, 0.29) is 3.79 Å². The second-order valence-corrected chi connectivity index (χ2v) is 3.46. The van der Waals surface area contributed by atoms with Gasteiger partial charge in [-0.3, -0.25) is 4.79 Å². The van der Waals surface area contributed by atoms with Crippen LogP contribution >= 0.6 is 22.6 Å². The van der Waals surface area contributed by atoms with Gasteiger partial charge in [-0.05, 0) is 24.6 Å². The van der Waals surface area contributed by atoms with Gasteiger partial charge in [0.15, 0.2) is 0 Å². The number of carbonyl (C=O) groups is 1. The van der Waals surface area contributed by atoms with E-state index in [9.17, 15) is 4.79 Å². The van der Waals surface area contributed by atoms with Crippen LogP contribution in [-0.4, -0.2) is 10.9 Å². The molecular formula is C9H9IO2. The van der Waals surface area contributed by atoms with Crippen molar-refractivity contribution in [3.8, 4) is 5.75 Å². The van der Waals surface area contributed by atoms with Crippen LogP contribution < -0.4 is 4.74 Å². The van der Waals surface area contributed by atoms with Gasteiger partial charge in [-0.1, -0.05) is 6.07 Å². The maximum Gasteiger partial charge on any atom is 0.226 e. The summed E-state index contributed by atoms with van der Waals surface area (Å²) in [6, 6.07) is 5.53. The standard InChI is InChI=1S/C9H9IO2/c1-6-3-4-7(9(10)11)8(5-6)12-2/h3-5H,1-2H3. The van der Waals surface area contributed by atoms with E-state index in [2.05, 4.69) is 0 Å². The lowest BCUT2D eigenvalue weighted by Crippen LogP contribution is -1.94. The number of carbonyl (C=O) groups excluding carboxylic acids is 1. The summed E-state index contributed by atoms with van der Waals surface area (Å²) in [7, 11) is 1.57. The van der Waals surface area contributed by atoms with Crippen LogP contribution in [0.4, 0.5) is 0 Å². The summed E-state index contributed by atoms with van der Waals surface area (Å²) in [5.41, 5.74) is 1.72. The first-order valence-electron chi connectivity index (χ1n) is 3.49. The predicted molar refractivity (Wildman–Crippen MR) is 56.1 cm³/mol. The summed E-state index contributed by atoms with van der Waals surface area (Å²) in [6.45, 7) is 1.96. The molecule has 0 aromatic heterocycles. The number of methoxy groups -OCH3 is 1. The van der Waals surface area contributed by atoms with Gasteiger partial charge in [0.2, 0.25) is 3.79 Å². The molecule has 3 heteroatoms. The molecule has 0 aliphatic heterocycles. The van der Waals surface area contributed by atoms with E-state index >= 15 is 0 Å². The van der Waals surface area contributed by atoms with E-state index in [1.807, 2.05) is 19.1 Å². The number of halogens is 1. The average molecular weight is 276 g/mol. The zero-order valence-corrected chi connectivity index (χ0v) is 9.08. The first-order valence-corrected chi connectivity index (χ1v) is 4.57. The topological polar surface area (TPSA) is 26.3 Å². The van der Waals surface area contributed by atoms with E-state index in [1.165, 1.54) is 0 Å². The first kappa shape index (κ1) is 9.51. The van der Waals surface area contributed by atoms with Crippen molar-refractivity contribution < 1.29 is 9.53 Å². The monoisotopic (exact) mass is 276 g/mol. The minimum absolute atomic E-state index is 0.00412. The molecule has 12 heavy (non-hydrogen) atoms. The number of benzene rings is 1. The zero-order valence-electron chi connectivity index (χ0n) is 6.93. The predicted octanol–water partition coefficient (Wildman–Crippen LogP) is 2.58. The molecule has 0 aliphatic rings. The minimum atomic E-state index is 0.00412. The number of hydrogen-bond acceptors (Lipinski definition) is 2. The van der Waals surface area contributed by atoms with Gasteiger partial charge in [-0.15, -0.1) is 0 Å². The van der Waals surface area contributed by atoms with Crippen LogP contribution in [0.5, 0.6) is 5.75 Å². The van der Waals surface area contributed by atoms with Crippen LogP contribution in [0.2, 0.25) is 0 Å². The highest BCUT2D eigenvalue weighted by atomic mass is 127. The van der Waals surface area contributed by atoms with E-state index in [0.29, 0.717) is 11.3 Å². The molecule has 0 saturated heterocycles. The summed E-state index contributed by atoms with van der Waals surface area (Å²) in [4.78, 5) is 11.0. The molecule has 0 spiro atoms. The molecule has 0 unspecified atom stereocenters. The molecule has 0 radical (unpaired) electrons. The summed E-state index contributed by atoms with van der Waals surface area (Å²) in [5.74, 6) is 0.648. The van der Waals surface area contributed by atoms with Crippen LogP contribution in [0.25, 0.3) is 0 Å². The molecule has 64 valence electrons. The highest BCUT2D eigenvalue weighted by Crippen LogP contribution is 2.22. The van der Waals surface area contributed by atoms with Crippen molar-refractivity contribution in [3.05, 3.63) is 29.3 Å². The lowest BCUT2D eigenvalue weighted by molar-refractivity contribution is 0.110. The Kier molecular flexibility index (Phi) is 3.08. The second-order valence-electron chi connectivity index (χ2n) is 2.48. The van der Waals surface area contributed by atoms with Crippen LogP contribution in [0, 0.1) is 6.92 Å². The van der Waals surface area contributed by atoms with Gasteiger partial charge in [0.25, 0.3) is 0 Å². The molecule has 2 nitrogen and oxygen atoms in total. The Labute approximate surface area is 85.1 Å². The summed E-state index contributed by atoms with van der Waals surface area (Å²) >= 11 is 1.75. The molecule has 0 aliphatic carbocycles. The Hall–Kier alpha value is -0.580. The van der Waals surface area contributed by atoms with Gasteiger partial charge in [0.05, 0.1) is 12.7 Å². The quantitative estimate of drug-likeness (QED) is 0.613. The Morgan fingerprint density at radius 2 is 2.17 bits per heavy atom. The maximum atomic E-state index is 11.0. The van der Waals surface area contributed by atoms with E-state index < -0.39 is 0 Å². The van der Waals surface area contributed by atoms with E-state index in [0.717, 1.165) is 5.56 Å². The van der Waals surface area contributed by atoms with Gasteiger partial charge in [-0.25, -0.2) is 0 Å². The van der Waals surface area contributed by atoms with Crippen molar-refractivity contribution in [1.82, 2.24) is 0 Å². The minimum Gasteiger partial charge on any atom is -0.496 e. The fraction of sp³-hybridized carbons (Fsp3) is 0.222. The van der Waals surface area contributed by atoms with Crippen LogP contribution in [0.3, 0.4) is 0 Å². The van der Waals surface area contributed by atoms with Gasteiger partial charge in [-0.2, -0.15) is 0 Å². The molecule has 1 rings (SSSR count). The Bertz CT molecular complexity index is 307. The largest absolute Gasteiger partial charge is 0.496 e. The molecule has 1 aromatic rings. The molecular weight excluding hydrogens is 267 g/mol. The lowest BCUT2D eigenvalue weighted by atomic mass is 10.1. The summed E-state index contributed by atoms with van der Waals surface area (Å²) < 4.78 is 5.07. The van der Waals surface area contributed by atoms with Gasteiger partial charge >= 0.3 is 0 Å². The van der Waals surface area contributed by atoms with E-state index in [4.69, 9.17) is 4.74 Å². The maximum absolute atomic E-state index is 11.0. The number of hydrogen-bond donors (Lipinski definition) is 0. The molecule has 0 saturated carbocycles. The smallest absolute Gasteiger partial charge is 0.226 e. The van der Waals surface area contributed by atoms with Crippen LogP contribution in [-0.2, 0) is 0 Å². The van der Waals surface area contributed by atoms with Crippen molar-refractivity contribution >= 4 is 26.4 Å². The Morgan fingerprint density at radius 3 is 2.67 bits per heavy atom. The third-order valence-corrected chi connectivity index (χ3v) is 2.15. The van der Waals surface area contributed by atoms with Gasteiger partial charge in [0, 0.05) is 22.6 Å². The summed E-state index contributed by atoms with van der Waals surface area (Å²) in [6.07, 6.45) is 0. The SMILES string of the molecule is COc1cc(C)ccc1C(=O)I. The first-order chi connectivity index (χ1) is 5.65. The molecule has 0 amide bonds. The normalized spacial score (nSPS) is 9.58. The van der Waals surface area contributed by atoms with Crippen molar-refractivity contribution in [3.63, 3.8) is 0 Å². The van der Waals surface area contributed by atoms with Gasteiger partial charge < -0.3 is 4.74 Å². The third-order valence-electron chi connectivity index (χ3n) is 1.57. The number of aryl methyl sites for hydroxylation is 1. The van der Waals surface area contributed by atoms with Crippen LogP contribution in [0.1, 0.15) is 15.9 Å².